The number of hydrogen-bond acceptors (Lipinski definition) is 28. The van der Waals surface area contributed by atoms with Crippen LogP contribution in [0.5, 0.6) is 0 Å². The Hall–Kier alpha value is -11.4. The fourth-order valence-electron chi connectivity index (χ4n) is 23.4. The first kappa shape index (κ1) is 105. The van der Waals surface area contributed by atoms with Crippen LogP contribution in [0.3, 0.4) is 0 Å². The Labute approximate surface area is 837 Å². The van der Waals surface area contributed by atoms with E-state index in [0.717, 1.165) is 15.3 Å². The van der Waals surface area contributed by atoms with E-state index in [9.17, 15) is 63.3 Å². The SMILES string of the molecule is CCC(=O)O[C@H]1C(=O)[C@@]2(C)C([C@H](OC(=O)c3ccccc3)[C@]3(O)C[C@H](O)C(C)=C1C3(C)C)[C@]1(OC(C)=O)CO[C@@H]1C[C@@H]2O[Si](C)(C)c1ccccc1.CCC(=O)O[C@H]1C(=O)[C@@]2(C)C([C@H](OC(=O)c3ccccc3)[C@]3(O)C[C@H](OC(=O)[C@H](C)[C@@H](NC(=O)c4ccccc4)c4cccs4)C(C)=C1C3(C)C)[C@]1(OC(C)=O)CO[C@@H]1C[C@@H]2O[Si](C)(C)c1ccccc1.C[C@H]1C(=O)N(C(=O)c2ccccc2)[C@H]1c1cccs1. The van der Waals surface area contributed by atoms with Gasteiger partial charge in [-0.1, -0.05) is 194 Å². The van der Waals surface area contributed by atoms with E-state index in [4.69, 9.17) is 51.5 Å². The molecule has 4 saturated carbocycles. The highest BCUT2D eigenvalue weighted by Gasteiger charge is 2.82. The fraction of sp³-hybridized carbons (Fsp3) is 0.455. The molecule has 3 saturated heterocycles. The number of imide groups is 1. The first-order chi connectivity index (χ1) is 67.1. The van der Waals surface area contributed by atoms with E-state index in [1.807, 2.05) is 135 Å². The minimum absolute atomic E-state index is 0.0397. The van der Waals surface area contributed by atoms with Crippen molar-refractivity contribution in [1.82, 2.24) is 10.2 Å². The Balaban J connectivity index is 0.000000186. The molecular formula is C110H126N2O26S2Si2. The smallest absolute Gasteiger partial charge is 0.338 e. The Morgan fingerprint density at radius 1 is 0.507 bits per heavy atom. The standard InChI is InChI=1S/C55H63NO13SSi.C40H50O11Si.C15H13NO2S/c1-10-42(58)66-45-43-32(2)38(65-50(61)33(3)44(39-27-20-28-70-39)56-49(60)35-21-14-11-15-22-35)30-55(63,52(43,5)6)48(67-51(62)36-23-16-12-17-24-36)46-53(7,47(45)59)40(29-41-54(46,31-64-41)68-34(4)57)69-71(8,9)37-25-18-13-19-26-37;1-9-30(43)48-32-31-23(2)27(42)21-40(46,37(31,4)5)35(49-36(45)25-16-12-10-13-17-25)33-38(6,34(32)44)28(20-29-39(33,22-47-29)50-24(3)41)51-52(7,8)26-18-14-11-15-19-26;1-10-13(12-8-5-9-19-12)16(14(10)17)15(18)11-6-3-2-4-7-11/h11-28,33,38,40-41,44-46,48,63H,10,29-31H2,1-9H3,(H,56,60);10-19,27-29,32-33,35,42,46H,9,20-22H2,1-8H3;2-10,13H,1H3/t33-,38+,40+,41-,44-,45-,46?,48+,53-,54+,55-;27-,28-,29+,32+,33?,35-,38+,39-,40+;10-,13-/m101/s1. The van der Waals surface area contributed by atoms with Crippen molar-refractivity contribution in [2.45, 2.75) is 257 Å². The molecule has 0 radical (unpaired) electrons. The number of ether oxygens (including phenoxy) is 9. The quantitative estimate of drug-likeness (QED) is 0.0109. The number of amides is 3. The van der Waals surface area contributed by atoms with Crippen molar-refractivity contribution in [3.05, 3.63) is 271 Å². The van der Waals surface area contributed by atoms with Gasteiger partial charge in [0.1, 0.15) is 41.7 Å². The highest BCUT2D eigenvalue weighted by Crippen LogP contribution is 2.68. The first-order valence-electron chi connectivity index (χ1n) is 48.3. The summed E-state index contributed by atoms with van der Waals surface area (Å²) in [5.41, 5.74) is -11.9. The van der Waals surface area contributed by atoms with E-state index in [2.05, 4.69) is 5.32 Å². The number of hydrogen-bond donors (Lipinski definition) is 4. The first-order valence-corrected chi connectivity index (χ1v) is 55.9. The molecule has 2 aromatic heterocycles. The lowest BCUT2D eigenvalue weighted by molar-refractivity contribution is -0.344. The molecular weight excluding hydrogens is 1890 g/mol. The van der Waals surface area contributed by atoms with Crippen LogP contribution in [0.15, 0.2) is 239 Å². The maximum atomic E-state index is 16.5. The lowest BCUT2D eigenvalue weighted by Gasteiger charge is -2.68. The number of fused-ring (bicyclic) bond motifs is 10. The second kappa shape index (κ2) is 40.7. The van der Waals surface area contributed by atoms with Crippen LogP contribution >= 0.6 is 22.7 Å². The van der Waals surface area contributed by atoms with Crippen LogP contribution in [0.2, 0.25) is 26.2 Å². The van der Waals surface area contributed by atoms with Gasteiger partial charge in [0, 0.05) is 84.1 Å². The number of aliphatic hydroxyl groups is 3. The van der Waals surface area contributed by atoms with E-state index in [-0.39, 0.29) is 91.4 Å². The van der Waals surface area contributed by atoms with Crippen molar-refractivity contribution in [2.24, 2.45) is 45.3 Å². The third-order valence-electron chi connectivity index (χ3n) is 31.4. The number of carbonyl (C=O) groups excluding carboxylic acids is 12. The van der Waals surface area contributed by atoms with Crippen LogP contribution in [0.25, 0.3) is 0 Å². The molecule has 6 aliphatic carbocycles. The highest BCUT2D eigenvalue weighted by atomic mass is 32.1. The monoisotopic (exact) mass is 2010 g/mol. The molecule has 3 aliphatic heterocycles. The number of aliphatic hydroxyl groups excluding tert-OH is 1. The number of likely N-dealkylation sites (tertiary alicyclic amines) is 1. The minimum Gasteiger partial charge on any atom is -0.457 e. The van der Waals surface area contributed by atoms with Crippen molar-refractivity contribution in [2.75, 3.05) is 13.2 Å². The normalized spacial score (nSPS) is 30.6. The van der Waals surface area contributed by atoms with Crippen molar-refractivity contribution < 1.29 is 124 Å². The lowest BCUT2D eigenvalue weighted by atomic mass is 9.44. The summed E-state index contributed by atoms with van der Waals surface area (Å²) >= 11 is 2.94. The zero-order valence-corrected chi connectivity index (χ0v) is 86.8. The molecule has 22 atom stereocenters. The summed E-state index contributed by atoms with van der Waals surface area (Å²) in [6.45, 7) is 30.3. The predicted octanol–water partition coefficient (Wildman–Crippen LogP) is 14.9. The Morgan fingerprint density at radius 3 is 1.29 bits per heavy atom. The number of thiophene rings is 2. The predicted molar refractivity (Wildman–Crippen MR) is 531 cm³/mol. The zero-order chi connectivity index (χ0) is 103. The van der Waals surface area contributed by atoms with Gasteiger partial charge < -0.3 is 72.1 Å². The van der Waals surface area contributed by atoms with Crippen LogP contribution in [-0.2, 0) is 89.8 Å². The molecule has 5 heterocycles. The van der Waals surface area contributed by atoms with Gasteiger partial charge in [-0.2, -0.15) is 0 Å². The largest absolute Gasteiger partial charge is 0.457 e. The average Bonchev–Trinajstić information content (AvgIpc) is 0.703. The van der Waals surface area contributed by atoms with Crippen LogP contribution in [0.1, 0.15) is 199 Å². The topological polar surface area (TPSA) is 382 Å². The highest BCUT2D eigenvalue weighted by molar-refractivity contribution is 7.10. The second-order valence-corrected chi connectivity index (χ2v) is 50.7. The number of ketones is 2. The summed E-state index contributed by atoms with van der Waals surface area (Å²) in [6.07, 6.45) is -13.5. The number of β-lactam (4-membered cyclic amide) rings is 1. The van der Waals surface area contributed by atoms with Crippen LogP contribution in [0.4, 0.5) is 0 Å². The number of carbonyl (C=O) groups is 12. The van der Waals surface area contributed by atoms with Gasteiger partial charge in [-0.05, 0) is 165 Å². The molecule has 6 aromatic carbocycles. The second-order valence-electron chi connectivity index (χ2n) is 41.1. The molecule has 17 rings (SSSR count). The summed E-state index contributed by atoms with van der Waals surface area (Å²) < 4.78 is 71.6. The summed E-state index contributed by atoms with van der Waals surface area (Å²) in [5, 5.41) is 47.9. The number of nitrogens with zero attached hydrogens (tertiary/aromatic N) is 1. The average molecular weight is 2010 g/mol. The van der Waals surface area contributed by atoms with Gasteiger partial charge in [0.25, 0.3) is 11.8 Å². The van der Waals surface area contributed by atoms with Crippen LogP contribution in [0, 0.1) is 45.3 Å². The summed E-state index contributed by atoms with van der Waals surface area (Å²) in [5.74, 6) is -10.9. The van der Waals surface area contributed by atoms with Crippen molar-refractivity contribution in [3.63, 3.8) is 0 Å². The minimum atomic E-state index is -2.98. The molecule has 9 aliphatic rings. The van der Waals surface area contributed by atoms with E-state index in [1.165, 1.54) is 30.1 Å². The van der Waals surface area contributed by atoms with Gasteiger partial charge in [-0.15, -0.1) is 22.7 Å². The molecule has 8 aromatic rings. The summed E-state index contributed by atoms with van der Waals surface area (Å²) in [4.78, 5) is 171. The number of Topliss-reactive ketones (excluding diaryl/α,β-unsaturated/α-hetero) is 2. The molecule has 7 fully saturated rings. The number of benzene rings is 6. The third kappa shape index (κ3) is 18.7. The van der Waals surface area contributed by atoms with E-state index in [0.29, 0.717) is 27.2 Å². The van der Waals surface area contributed by atoms with Crippen LogP contribution < -0.4 is 15.7 Å². The van der Waals surface area contributed by atoms with Gasteiger partial charge in [0.15, 0.2) is 35.0 Å². The maximum Gasteiger partial charge on any atom is 0.338 e. The maximum absolute atomic E-state index is 16.5. The summed E-state index contributed by atoms with van der Waals surface area (Å²) in [6, 6.07) is 59.9. The zero-order valence-electron chi connectivity index (χ0n) is 83.2. The molecule has 3 amide bonds. The van der Waals surface area contributed by atoms with E-state index in [1.54, 1.807) is 203 Å². The molecule has 32 heteroatoms. The molecule has 2 unspecified atom stereocenters. The molecule has 0 spiro atoms. The Morgan fingerprint density at radius 2 is 0.901 bits per heavy atom. The van der Waals surface area contributed by atoms with Gasteiger partial charge in [0.2, 0.25) is 22.5 Å². The molecule has 142 heavy (non-hydrogen) atoms. The lowest BCUT2D eigenvalue weighted by Crippen LogP contribution is -2.82. The Kier molecular flexibility index (Phi) is 30.0. The van der Waals surface area contributed by atoms with Crippen molar-refractivity contribution in [3.8, 4) is 0 Å². The van der Waals surface area contributed by atoms with Gasteiger partial charge in [-0.3, -0.25) is 52.8 Å². The van der Waals surface area contributed by atoms with Gasteiger partial charge in [-0.25, -0.2) is 9.59 Å². The summed E-state index contributed by atoms with van der Waals surface area (Å²) in [7, 11) is -5.82. The number of esters is 7. The van der Waals surface area contributed by atoms with Gasteiger partial charge >= 0.3 is 41.8 Å². The van der Waals surface area contributed by atoms with Crippen molar-refractivity contribution >= 4 is 121 Å². The fourth-order valence-corrected chi connectivity index (χ4v) is 29.5. The number of nitrogens with one attached hydrogen (secondary N) is 1. The Bertz CT molecular complexity index is 6150. The van der Waals surface area contributed by atoms with E-state index < -0.39 is 211 Å². The van der Waals surface area contributed by atoms with Crippen molar-refractivity contribution in [1.29, 1.82) is 0 Å². The van der Waals surface area contributed by atoms with E-state index >= 15 is 9.59 Å². The van der Waals surface area contributed by atoms with Gasteiger partial charge in [0.05, 0.1) is 89.2 Å². The molecule has 4 N–H and O–H groups in total. The van der Waals surface area contributed by atoms with Crippen LogP contribution in [-0.4, -0.2) is 205 Å². The molecule has 752 valence electrons. The number of rotatable bonds is 24. The molecule has 4 bridgehead atoms. The third-order valence-corrected chi connectivity index (χ3v) is 38.5. The molecule has 28 nitrogen and oxygen atoms in total.